The Morgan fingerprint density at radius 1 is 0.322 bits per heavy atom. The van der Waals surface area contributed by atoms with Gasteiger partial charge in [0, 0.05) is 37.6 Å². The van der Waals surface area contributed by atoms with Crippen LogP contribution in [0, 0.1) is 0 Å². The molecule has 10 aromatic rings. The molecular weight excluding hydrogens is 731 g/mol. The van der Waals surface area contributed by atoms with Crippen LogP contribution in [-0.4, -0.2) is 0 Å². The topological polar surface area (TPSA) is 3.24 Å². The predicted octanol–water partition coefficient (Wildman–Crippen LogP) is 15.7. The molecule has 0 aliphatic heterocycles. The molecule has 1 aromatic heterocycles. The zero-order valence-corrected chi connectivity index (χ0v) is 33.0. The molecule has 2 aliphatic rings. The van der Waals surface area contributed by atoms with Crippen LogP contribution in [0.25, 0.3) is 65.7 Å². The molecule has 12 rings (SSSR count). The molecule has 9 aromatic carbocycles. The van der Waals surface area contributed by atoms with Crippen molar-refractivity contribution in [1.82, 2.24) is 0 Å². The van der Waals surface area contributed by atoms with E-state index in [1.165, 1.54) is 87.3 Å². The summed E-state index contributed by atoms with van der Waals surface area (Å²) in [5.74, 6) is 0. The lowest BCUT2D eigenvalue weighted by atomic mass is 9.74. The van der Waals surface area contributed by atoms with Crippen LogP contribution in [0.15, 0.2) is 224 Å². The van der Waals surface area contributed by atoms with Gasteiger partial charge in [0.2, 0.25) is 0 Å². The smallest absolute Gasteiger partial charge is 0.0820 e. The molecule has 0 N–H and O–H groups in total. The zero-order chi connectivity index (χ0) is 38.9. The molecule has 1 atom stereocenters. The summed E-state index contributed by atoms with van der Waals surface area (Å²) in [7, 11) is 0. The van der Waals surface area contributed by atoms with Gasteiger partial charge in [-0.15, -0.1) is 11.3 Å². The number of fused-ring (bicyclic) bond motifs is 12. The third kappa shape index (κ3) is 5.17. The standard InChI is InChI=1S/C57H37NS/c1-3-13-38(14-4-1)39-23-25-40(26-24-39)41-27-29-42(30-28-41)43-31-33-45(34-32-43)58(44-15-5-2-6-16-44)46-35-36-48-47-17-7-10-20-51(47)57(53(48)37-46)52-21-11-8-18-49(52)55-50-19-9-12-22-54(50)59-56(55)57/h1-37H. The third-order valence-electron chi connectivity index (χ3n) is 12.5. The van der Waals surface area contributed by atoms with Crippen molar-refractivity contribution in [2.75, 3.05) is 4.90 Å². The first-order chi connectivity index (χ1) is 29.3. The van der Waals surface area contributed by atoms with Crippen molar-refractivity contribution in [1.29, 1.82) is 0 Å². The molecule has 0 amide bonds. The van der Waals surface area contributed by atoms with E-state index in [0.717, 1.165) is 17.1 Å². The second kappa shape index (κ2) is 13.4. The number of para-hydroxylation sites is 1. The third-order valence-corrected chi connectivity index (χ3v) is 13.8. The summed E-state index contributed by atoms with van der Waals surface area (Å²) < 4.78 is 1.34. The Kier molecular flexibility index (Phi) is 7.69. The number of hydrogen-bond donors (Lipinski definition) is 0. The molecule has 59 heavy (non-hydrogen) atoms. The maximum Gasteiger partial charge on any atom is 0.0820 e. The van der Waals surface area contributed by atoms with Crippen molar-refractivity contribution >= 4 is 38.5 Å². The summed E-state index contributed by atoms with van der Waals surface area (Å²) in [6.45, 7) is 0. The number of rotatable bonds is 6. The highest BCUT2D eigenvalue weighted by Crippen LogP contribution is 2.66. The Bertz CT molecular complexity index is 3180. The maximum absolute atomic E-state index is 2.48. The lowest BCUT2D eigenvalue weighted by Crippen LogP contribution is -2.25. The second-order valence-electron chi connectivity index (χ2n) is 15.6. The van der Waals surface area contributed by atoms with E-state index in [0.29, 0.717) is 0 Å². The highest BCUT2D eigenvalue weighted by molar-refractivity contribution is 7.20. The van der Waals surface area contributed by atoms with Gasteiger partial charge in [0.05, 0.1) is 5.41 Å². The fourth-order valence-electron chi connectivity index (χ4n) is 9.84. The molecule has 0 bridgehead atoms. The minimum absolute atomic E-state index is 0.403. The Balaban J connectivity index is 0.944. The van der Waals surface area contributed by atoms with Crippen molar-refractivity contribution in [2.24, 2.45) is 0 Å². The SMILES string of the molecule is c1ccc(-c2ccc(-c3ccc(-c4ccc(N(c5ccccc5)c5ccc6c(c5)C5(c7ccccc7-6)c6ccccc6-c6c5sc5ccccc65)cc4)cc3)cc2)cc1. The molecule has 1 nitrogen and oxygen atoms in total. The molecule has 0 saturated carbocycles. The summed E-state index contributed by atoms with van der Waals surface area (Å²) in [6.07, 6.45) is 0. The molecule has 276 valence electrons. The fourth-order valence-corrected chi connectivity index (χ4v) is 11.3. The summed E-state index contributed by atoms with van der Waals surface area (Å²) in [6, 6.07) is 82.5. The van der Waals surface area contributed by atoms with Crippen LogP contribution in [0.3, 0.4) is 0 Å². The Labute approximate surface area is 348 Å². The van der Waals surface area contributed by atoms with Gasteiger partial charge >= 0.3 is 0 Å². The van der Waals surface area contributed by atoms with E-state index >= 15 is 0 Å². The lowest BCUT2D eigenvalue weighted by Gasteiger charge is -2.31. The Morgan fingerprint density at radius 3 is 1.41 bits per heavy atom. The normalized spacial score (nSPS) is 14.5. The number of anilines is 3. The largest absolute Gasteiger partial charge is 0.310 e. The van der Waals surface area contributed by atoms with Crippen LogP contribution in [0.2, 0.25) is 0 Å². The van der Waals surface area contributed by atoms with Gasteiger partial charge in [0.25, 0.3) is 0 Å². The number of thiophene rings is 1. The van der Waals surface area contributed by atoms with Gasteiger partial charge in [-0.2, -0.15) is 0 Å². The zero-order valence-electron chi connectivity index (χ0n) is 32.2. The molecular formula is C57H37NS. The molecule has 0 saturated heterocycles. The van der Waals surface area contributed by atoms with Crippen LogP contribution in [0.4, 0.5) is 17.1 Å². The minimum Gasteiger partial charge on any atom is -0.310 e. The summed E-state index contributed by atoms with van der Waals surface area (Å²) in [4.78, 5) is 3.84. The highest BCUT2D eigenvalue weighted by Gasteiger charge is 2.53. The van der Waals surface area contributed by atoms with Crippen LogP contribution in [0.5, 0.6) is 0 Å². The van der Waals surface area contributed by atoms with E-state index in [2.05, 4.69) is 229 Å². The lowest BCUT2D eigenvalue weighted by molar-refractivity contribution is 0.811. The molecule has 0 fully saturated rings. The summed E-state index contributed by atoms with van der Waals surface area (Å²) >= 11 is 1.96. The van der Waals surface area contributed by atoms with E-state index in [1.807, 2.05) is 11.3 Å². The van der Waals surface area contributed by atoms with Crippen molar-refractivity contribution in [3.63, 3.8) is 0 Å². The van der Waals surface area contributed by atoms with Crippen molar-refractivity contribution in [2.45, 2.75) is 5.41 Å². The monoisotopic (exact) mass is 767 g/mol. The molecule has 1 unspecified atom stereocenters. The van der Waals surface area contributed by atoms with Gasteiger partial charge in [0.1, 0.15) is 0 Å². The van der Waals surface area contributed by atoms with Gasteiger partial charge < -0.3 is 4.90 Å². The summed E-state index contributed by atoms with van der Waals surface area (Å²) in [5, 5.41) is 1.34. The Hall–Kier alpha value is -7.26. The van der Waals surface area contributed by atoms with Crippen molar-refractivity contribution < 1.29 is 0 Å². The van der Waals surface area contributed by atoms with E-state index in [4.69, 9.17) is 0 Å². The van der Waals surface area contributed by atoms with E-state index in [-0.39, 0.29) is 0 Å². The second-order valence-corrected chi connectivity index (χ2v) is 16.7. The number of hydrogen-bond acceptors (Lipinski definition) is 2. The first kappa shape index (κ1) is 33.8. The van der Waals surface area contributed by atoms with Crippen LogP contribution in [-0.2, 0) is 5.41 Å². The fraction of sp³-hybridized carbons (Fsp3) is 0.0175. The molecule has 2 heteroatoms. The van der Waals surface area contributed by atoms with Crippen LogP contribution < -0.4 is 4.90 Å². The van der Waals surface area contributed by atoms with Crippen molar-refractivity contribution in [3.8, 4) is 55.6 Å². The van der Waals surface area contributed by atoms with E-state index in [9.17, 15) is 0 Å². The minimum atomic E-state index is -0.403. The van der Waals surface area contributed by atoms with Gasteiger partial charge in [-0.05, 0) is 109 Å². The molecule has 1 heterocycles. The van der Waals surface area contributed by atoms with E-state index < -0.39 is 5.41 Å². The average molecular weight is 768 g/mol. The van der Waals surface area contributed by atoms with Gasteiger partial charge in [-0.3, -0.25) is 0 Å². The van der Waals surface area contributed by atoms with Crippen molar-refractivity contribution in [3.05, 3.63) is 246 Å². The Morgan fingerprint density at radius 2 is 0.763 bits per heavy atom. The first-order valence-corrected chi connectivity index (χ1v) is 21.2. The molecule has 2 aliphatic carbocycles. The maximum atomic E-state index is 2.48. The quantitative estimate of drug-likeness (QED) is 0.163. The predicted molar refractivity (Wildman–Crippen MR) is 249 cm³/mol. The van der Waals surface area contributed by atoms with Crippen LogP contribution in [0.1, 0.15) is 21.6 Å². The first-order valence-electron chi connectivity index (χ1n) is 20.3. The number of benzene rings is 9. The van der Waals surface area contributed by atoms with Crippen LogP contribution >= 0.6 is 11.3 Å². The summed E-state index contributed by atoms with van der Waals surface area (Å²) in [5.41, 5.74) is 19.7. The highest BCUT2D eigenvalue weighted by atomic mass is 32.1. The van der Waals surface area contributed by atoms with Gasteiger partial charge in [-0.25, -0.2) is 0 Å². The van der Waals surface area contributed by atoms with Gasteiger partial charge in [-0.1, -0.05) is 182 Å². The van der Waals surface area contributed by atoms with E-state index in [1.54, 1.807) is 0 Å². The molecule has 1 spiro atoms. The molecule has 0 radical (unpaired) electrons. The number of nitrogens with zero attached hydrogens (tertiary/aromatic N) is 1. The average Bonchev–Trinajstić information content (AvgIpc) is 3.94. The van der Waals surface area contributed by atoms with Gasteiger partial charge in [0.15, 0.2) is 0 Å².